The minimum absolute atomic E-state index is 0.00930. The number of ether oxygens (including phenoxy) is 1. The van der Waals surface area contributed by atoms with Crippen LogP contribution < -0.4 is 10.2 Å². The predicted octanol–water partition coefficient (Wildman–Crippen LogP) is 2.06. The molecule has 0 aromatic carbocycles. The minimum Gasteiger partial charge on any atom is -0.368 e. The number of alkyl halides is 3. The van der Waals surface area contributed by atoms with E-state index >= 15 is 0 Å². The number of hydrogen-bond donors (Lipinski definition) is 1. The Morgan fingerprint density at radius 1 is 1.45 bits per heavy atom. The highest BCUT2D eigenvalue weighted by Crippen LogP contribution is 2.27. The largest absolute Gasteiger partial charge is 0.416 e. The third-order valence-corrected chi connectivity index (χ3v) is 2.79. The quantitative estimate of drug-likeness (QED) is 0.923. The molecule has 0 radical (unpaired) electrons. The zero-order valence-electron chi connectivity index (χ0n) is 11.3. The zero-order chi connectivity index (χ0) is 14.8. The lowest BCUT2D eigenvalue weighted by atomic mass is 10.2. The Morgan fingerprint density at radius 3 is 2.85 bits per heavy atom. The molecule has 112 valence electrons. The molecule has 1 N–H and O–H groups in total. The highest BCUT2D eigenvalue weighted by atomic mass is 19.4. The Kier molecular flexibility index (Phi) is 4.32. The molecule has 1 aliphatic heterocycles. The lowest BCUT2D eigenvalue weighted by Crippen LogP contribution is -2.49. The van der Waals surface area contributed by atoms with Gasteiger partial charge in [-0.15, -0.1) is 0 Å². The van der Waals surface area contributed by atoms with Crippen LogP contribution in [0.1, 0.15) is 13.8 Å². The third-order valence-electron chi connectivity index (χ3n) is 2.79. The fourth-order valence-corrected chi connectivity index (χ4v) is 1.91. The molecule has 8 heteroatoms. The summed E-state index contributed by atoms with van der Waals surface area (Å²) in [5, 5.41) is 3.09. The maximum absolute atomic E-state index is 12.7. The van der Waals surface area contributed by atoms with Crippen molar-refractivity contribution in [3.8, 4) is 0 Å². The van der Waals surface area contributed by atoms with Crippen LogP contribution in [-0.2, 0) is 4.74 Å². The molecule has 20 heavy (non-hydrogen) atoms. The van der Waals surface area contributed by atoms with E-state index in [0.717, 1.165) is 0 Å². The summed E-state index contributed by atoms with van der Waals surface area (Å²) in [5.74, 6) is 0.883. The number of aromatic nitrogens is 2. The van der Waals surface area contributed by atoms with Gasteiger partial charge in [-0.3, -0.25) is 0 Å². The van der Waals surface area contributed by atoms with Gasteiger partial charge in [0.15, 0.2) is 6.10 Å². The van der Waals surface area contributed by atoms with Gasteiger partial charge in [-0.25, -0.2) is 4.98 Å². The van der Waals surface area contributed by atoms with Crippen molar-refractivity contribution in [1.29, 1.82) is 0 Å². The van der Waals surface area contributed by atoms with Crippen molar-refractivity contribution in [3.05, 3.63) is 12.3 Å². The summed E-state index contributed by atoms with van der Waals surface area (Å²) in [6.07, 6.45) is -4.63. The van der Waals surface area contributed by atoms with E-state index in [1.807, 2.05) is 13.8 Å². The average Bonchev–Trinajstić information content (AvgIpc) is 2.37. The van der Waals surface area contributed by atoms with Gasteiger partial charge in [0.1, 0.15) is 5.82 Å². The van der Waals surface area contributed by atoms with Gasteiger partial charge in [-0.1, -0.05) is 0 Å². The summed E-state index contributed by atoms with van der Waals surface area (Å²) >= 11 is 0. The maximum Gasteiger partial charge on any atom is 0.416 e. The summed E-state index contributed by atoms with van der Waals surface area (Å²) in [6.45, 7) is 3.98. The number of hydrogen-bond acceptors (Lipinski definition) is 5. The summed E-state index contributed by atoms with van der Waals surface area (Å²) < 4.78 is 42.8. The fourth-order valence-electron chi connectivity index (χ4n) is 1.91. The van der Waals surface area contributed by atoms with Crippen LogP contribution in [0, 0.1) is 0 Å². The molecule has 1 aromatic heterocycles. The van der Waals surface area contributed by atoms with E-state index in [4.69, 9.17) is 4.74 Å². The van der Waals surface area contributed by atoms with Gasteiger partial charge < -0.3 is 15.0 Å². The highest BCUT2D eigenvalue weighted by molar-refractivity contribution is 5.42. The van der Waals surface area contributed by atoms with Crippen LogP contribution in [0.4, 0.5) is 24.9 Å². The molecule has 1 aliphatic rings. The number of halogens is 3. The van der Waals surface area contributed by atoms with E-state index in [9.17, 15) is 13.2 Å². The first-order valence-corrected chi connectivity index (χ1v) is 6.39. The molecule has 0 spiro atoms. The van der Waals surface area contributed by atoms with Crippen molar-refractivity contribution < 1.29 is 17.9 Å². The molecule has 2 heterocycles. The van der Waals surface area contributed by atoms with Crippen LogP contribution >= 0.6 is 0 Å². The number of rotatable bonds is 3. The van der Waals surface area contributed by atoms with E-state index in [1.165, 1.54) is 11.1 Å². The molecule has 1 aromatic rings. The van der Waals surface area contributed by atoms with Gasteiger partial charge in [0.25, 0.3) is 0 Å². The molecule has 2 rings (SSSR count). The van der Waals surface area contributed by atoms with Crippen molar-refractivity contribution in [2.45, 2.75) is 32.2 Å². The Hall–Kier alpha value is -1.57. The van der Waals surface area contributed by atoms with Gasteiger partial charge in [0.2, 0.25) is 5.95 Å². The highest BCUT2D eigenvalue weighted by Gasteiger charge is 2.43. The second kappa shape index (κ2) is 5.82. The average molecular weight is 290 g/mol. The van der Waals surface area contributed by atoms with Gasteiger partial charge in [0.05, 0.1) is 13.2 Å². The van der Waals surface area contributed by atoms with Crippen molar-refractivity contribution in [3.63, 3.8) is 0 Å². The lowest BCUT2D eigenvalue weighted by molar-refractivity contribution is -0.221. The number of anilines is 2. The van der Waals surface area contributed by atoms with E-state index < -0.39 is 12.3 Å². The van der Waals surface area contributed by atoms with E-state index in [0.29, 0.717) is 12.4 Å². The van der Waals surface area contributed by atoms with Gasteiger partial charge in [-0.05, 0) is 19.9 Å². The molecular formula is C12H17F3N4O. The van der Waals surface area contributed by atoms with Crippen LogP contribution in [0.25, 0.3) is 0 Å². The molecule has 0 bridgehead atoms. The molecule has 1 fully saturated rings. The van der Waals surface area contributed by atoms with Crippen LogP contribution in [0.3, 0.4) is 0 Å². The number of nitrogens with one attached hydrogen (secondary N) is 1. The maximum atomic E-state index is 12.7. The number of morpholine rings is 1. The van der Waals surface area contributed by atoms with Crippen molar-refractivity contribution >= 4 is 11.8 Å². The molecule has 5 nitrogen and oxygen atoms in total. The summed E-state index contributed by atoms with van der Waals surface area (Å²) in [4.78, 5) is 9.77. The first-order chi connectivity index (χ1) is 9.36. The Bertz CT molecular complexity index is 453. The van der Waals surface area contributed by atoms with Crippen molar-refractivity contribution in [2.24, 2.45) is 0 Å². The summed E-state index contributed by atoms with van der Waals surface area (Å²) in [6, 6.07) is 1.87. The molecule has 1 atom stereocenters. The third kappa shape index (κ3) is 3.72. The molecule has 0 saturated carbocycles. The Labute approximate surface area is 115 Å². The van der Waals surface area contributed by atoms with Crippen LogP contribution in [0.15, 0.2) is 12.3 Å². The number of nitrogens with zero attached hydrogens (tertiary/aromatic N) is 3. The molecular weight excluding hydrogens is 273 g/mol. The van der Waals surface area contributed by atoms with E-state index in [2.05, 4.69) is 15.3 Å². The predicted molar refractivity (Wildman–Crippen MR) is 68.8 cm³/mol. The molecule has 0 aliphatic carbocycles. The topological polar surface area (TPSA) is 50.3 Å². The lowest BCUT2D eigenvalue weighted by Gasteiger charge is -2.33. The van der Waals surface area contributed by atoms with Crippen LogP contribution in [0.5, 0.6) is 0 Å². The second-order valence-corrected chi connectivity index (χ2v) is 4.89. The summed E-state index contributed by atoms with van der Waals surface area (Å²) in [7, 11) is 0. The Morgan fingerprint density at radius 2 is 2.20 bits per heavy atom. The second-order valence-electron chi connectivity index (χ2n) is 4.89. The van der Waals surface area contributed by atoms with Gasteiger partial charge in [-0.2, -0.15) is 18.2 Å². The first-order valence-electron chi connectivity index (χ1n) is 6.39. The minimum atomic E-state index is -4.37. The Balaban J connectivity index is 2.11. The molecule has 0 amide bonds. The fraction of sp³-hybridized carbons (Fsp3) is 0.667. The SMILES string of the molecule is CC(C)Nc1ccnc(N2CCO[C@@H](C(F)(F)F)C2)n1. The zero-order valence-corrected chi connectivity index (χ0v) is 11.3. The molecule has 0 unspecified atom stereocenters. The normalized spacial score (nSPS) is 20.3. The monoisotopic (exact) mass is 290 g/mol. The van der Waals surface area contributed by atoms with E-state index in [1.54, 1.807) is 6.07 Å². The summed E-state index contributed by atoms with van der Waals surface area (Å²) in [5.41, 5.74) is 0. The van der Waals surface area contributed by atoms with Gasteiger partial charge in [0, 0.05) is 18.8 Å². The first kappa shape index (κ1) is 14.8. The van der Waals surface area contributed by atoms with Crippen LogP contribution in [-0.4, -0.2) is 48.0 Å². The van der Waals surface area contributed by atoms with Crippen molar-refractivity contribution in [2.75, 3.05) is 29.9 Å². The van der Waals surface area contributed by atoms with E-state index in [-0.39, 0.29) is 25.1 Å². The van der Waals surface area contributed by atoms with Crippen molar-refractivity contribution in [1.82, 2.24) is 9.97 Å². The van der Waals surface area contributed by atoms with Gasteiger partial charge >= 0.3 is 6.18 Å². The van der Waals surface area contributed by atoms with Crippen LogP contribution in [0.2, 0.25) is 0 Å². The standard InChI is InChI=1S/C12H17F3N4O/c1-8(2)17-10-3-4-16-11(18-10)19-5-6-20-9(7-19)12(13,14)15/h3-4,8-9H,5-7H2,1-2H3,(H,16,17,18)/t9-/m1/s1. The molecule has 1 saturated heterocycles. The smallest absolute Gasteiger partial charge is 0.368 e.